The Balaban J connectivity index is 1.48. The van der Waals surface area contributed by atoms with Crippen LogP contribution in [0.4, 0.5) is 5.69 Å². The number of nitrogens with zero attached hydrogens (tertiary/aromatic N) is 1. The molecule has 1 N–H and O–H groups in total. The lowest BCUT2D eigenvalue weighted by molar-refractivity contribution is -0.0956. The molecule has 2 fully saturated rings. The lowest BCUT2D eigenvalue weighted by atomic mass is 9.95. The second kappa shape index (κ2) is 9.34. The number of anilines is 1. The molecule has 2 saturated heterocycles. The molecule has 1 amide bonds. The predicted molar refractivity (Wildman–Crippen MR) is 118 cm³/mol. The van der Waals surface area contributed by atoms with Crippen LogP contribution in [0.1, 0.15) is 23.2 Å². The fraction of sp³-hybridized carbons (Fsp3) is 0.381. The summed E-state index contributed by atoms with van der Waals surface area (Å²) < 4.78 is 39.3. The van der Waals surface area contributed by atoms with Crippen LogP contribution in [0.5, 0.6) is 0 Å². The third kappa shape index (κ3) is 5.15. The van der Waals surface area contributed by atoms with Crippen LogP contribution < -0.4 is 4.72 Å². The molecule has 2 aromatic rings. The fourth-order valence-electron chi connectivity index (χ4n) is 3.78. The van der Waals surface area contributed by atoms with E-state index in [1.54, 1.807) is 35.2 Å². The average molecular weight is 485 g/mol. The molecular weight excluding hydrogens is 463 g/mol. The topological polar surface area (TPSA) is 84.9 Å². The Bertz CT molecular complexity index is 1050. The zero-order valence-electron chi connectivity index (χ0n) is 16.6. The number of amides is 1. The molecule has 0 spiro atoms. The van der Waals surface area contributed by atoms with Crippen LogP contribution in [0.15, 0.2) is 47.4 Å². The zero-order chi connectivity index (χ0) is 22.0. The Kier molecular flexibility index (Phi) is 6.74. The Morgan fingerprint density at radius 3 is 2.29 bits per heavy atom. The van der Waals surface area contributed by atoms with Crippen LogP contribution in [-0.2, 0) is 19.5 Å². The van der Waals surface area contributed by atoms with Gasteiger partial charge in [-0.1, -0.05) is 23.2 Å². The number of hydrogen-bond acceptors (Lipinski definition) is 5. The molecule has 0 bridgehead atoms. The molecule has 2 aliphatic rings. The van der Waals surface area contributed by atoms with Gasteiger partial charge in [0, 0.05) is 35.3 Å². The molecule has 0 aliphatic carbocycles. The van der Waals surface area contributed by atoms with Crippen LogP contribution in [-0.4, -0.2) is 51.8 Å². The standard InChI is InChI=1S/C21H22Cl2N2O5S/c22-16-2-4-17(5-3-16)24-31(27,28)19-13-15(1-6-18(19)23)20(26)25-9-7-14(8-10-25)21-29-11-12-30-21/h1-6,13-14,21,24H,7-12H2. The van der Waals surface area contributed by atoms with E-state index in [9.17, 15) is 13.2 Å². The van der Waals surface area contributed by atoms with Crippen molar-refractivity contribution in [3.8, 4) is 0 Å². The van der Waals surface area contributed by atoms with Crippen molar-refractivity contribution in [1.29, 1.82) is 0 Å². The first kappa shape index (κ1) is 22.4. The second-order valence-corrected chi connectivity index (χ2v) is 9.99. The molecule has 166 valence electrons. The second-order valence-electron chi connectivity index (χ2n) is 7.50. The molecule has 7 nitrogen and oxygen atoms in total. The number of rotatable bonds is 5. The number of likely N-dealkylation sites (tertiary alicyclic amines) is 1. The summed E-state index contributed by atoms with van der Waals surface area (Å²) in [4.78, 5) is 14.6. The number of piperidine rings is 1. The molecule has 2 aromatic carbocycles. The highest BCUT2D eigenvalue weighted by Crippen LogP contribution is 2.29. The van der Waals surface area contributed by atoms with Gasteiger partial charge >= 0.3 is 0 Å². The molecule has 31 heavy (non-hydrogen) atoms. The van der Waals surface area contributed by atoms with Crippen LogP contribution in [0.25, 0.3) is 0 Å². The van der Waals surface area contributed by atoms with E-state index in [2.05, 4.69) is 4.72 Å². The maximum atomic E-state index is 13.0. The van der Waals surface area contributed by atoms with Crippen molar-refractivity contribution in [3.63, 3.8) is 0 Å². The third-order valence-electron chi connectivity index (χ3n) is 5.42. The van der Waals surface area contributed by atoms with Gasteiger partial charge in [-0.05, 0) is 55.3 Å². The highest BCUT2D eigenvalue weighted by Gasteiger charge is 2.32. The lowest BCUT2D eigenvalue weighted by Crippen LogP contribution is -2.41. The third-order valence-corrected chi connectivity index (χ3v) is 7.54. The summed E-state index contributed by atoms with van der Waals surface area (Å²) in [6.07, 6.45) is 1.35. The van der Waals surface area contributed by atoms with Gasteiger partial charge in [-0.15, -0.1) is 0 Å². The van der Waals surface area contributed by atoms with Gasteiger partial charge < -0.3 is 14.4 Å². The minimum absolute atomic E-state index is 0.0345. The number of benzene rings is 2. The molecule has 2 heterocycles. The first-order chi connectivity index (χ1) is 14.8. The Hall–Kier alpha value is -1.84. The minimum atomic E-state index is -3.99. The number of nitrogens with one attached hydrogen (secondary N) is 1. The molecule has 2 aliphatic heterocycles. The van der Waals surface area contributed by atoms with Crippen LogP contribution in [0.2, 0.25) is 10.0 Å². The summed E-state index contributed by atoms with van der Waals surface area (Å²) in [5, 5.41) is 0.524. The van der Waals surface area contributed by atoms with Crippen molar-refractivity contribution in [2.24, 2.45) is 5.92 Å². The summed E-state index contributed by atoms with van der Waals surface area (Å²) in [6.45, 7) is 2.33. The average Bonchev–Trinajstić information content (AvgIpc) is 3.30. The van der Waals surface area contributed by atoms with Crippen molar-refractivity contribution in [1.82, 2.24) is 4.90 Å². The number of hydrogen-bond donors (Lipinski definition) is 1. The number of carbonyl (C=O) groups excluding carboxylic acids is 1. The van der Waals surface area contributed by atoms with Gasteiger partial charge in [0.05, 0.1) is 18.2 Å². The lowest BCUT2D eigenvalue weighted by Gasteiger charge is -2.34. The molecule has 0 aromatic heterocycles. The largest absolute Gasteiger partial charge is 0.350 e. The normalized spacial score (nSPS) is 18.3. The van der Waals surface area contributed by atoms with Gasteiger partial charge in [0.2, 0.25) is 0 Å². The number of halogens is 2. The van der Waals surface area contributed by atoms with Crippen molar-refractivity contribution < 1.29 is 22.7 Å². The fourth-order valence-corrected chi connectivity index (χ4v) is 5.49. The predicted octanol–water partition coefficient (Wildman–Crippen LogP) is 4.02. The van der Waals surface area contributed by atoms with Gasteiger partial charge in [0.1, 0.15) is 4.90 Å². The summed E-state index contributed by atoms with van der Waals surface area (Å²) >= 11 is 12.0. The molecule has 0 radical (unpaired) electrons. The summed E-state index contributed by atoms with van der Waals surface area (Å²) in [5.41, 5.74) is 0.614. The van der Waals surface area contributed by atoms with Gasteiger partial charge in [0.25, 0.3) is 15.9 Å². The van der Waals surface area contributed by atoms with Crippen molar-refractivity contribution in [2.45, 2.75) is 24.0 Å². The summed E-state index contributed by atoms with van der Waals surface area (Å²) in [5.74, 6) is 0.0302. The Morgan fingerprint density at radius 1 is 1.00 bits per heavy atom. The van der Waals surface area contributed by atoms with E-state index in [0.717, 1.165) is 12.8 Å². The van der Waals surface area contributed by atoms with Crippen molar-refractivity contribution in [3.05, 3.63) is 58.1 Å². The first-order valence-corrected chi connectivity index (χ1v) is 12.2. The van der Waals surface area contributed by atoms with E-state index in [1.807, 2.05) is 0 Å². The molecule has 10 heteroatoms. The van der Waals surface area contributed by atoms with Crippen LogP contribution >= 0.6 is 23.2 Å². The highest BCUT2D eigenvalue weighted by atomic mass is 35.5. The quantitative estimate of drug-likeness (QED) is 0.692. The Morgan fingerprint density at radius 2 is 1.65 bits per heavy atom. The molecular formula is C21H22Cl2N2O5S. The van der Waals surface area contributed by atoms with Gasteiger partial charge in [-0.2, -0.15) is 0 Å². The minimum Gasteiger partial charge on any atom is -0.350 e. The smallest absolute Gasteiger partial charge is 0.263 e. The molecule has 0 unspecified atom stereocenters. The van der Waals surface area contributed by atoms with Crippen molar-refractivity contribution >= 4 is 44.8 Å². The zero-order valence-corrected chi connectivity index (χ0v) is 18.9. The first-order valence-electron chi connectivity index (χ1n) is 9.94. The van der Waals surface area contributed by atoms with E-state index >= 15 is 0 Å². The van der Waals surface area contributed by atoms with E-state index in [0.29, 0.717) is 37.0 Å². The highest BCUT2D eigenvalue weighted by molar-refractivity contribution is 7.92. The van der Waals surface area contributed by atoms with Gasteiger partial charge in [-0.3, -0.25) is 9.52 Å². The van der Waals surface area contributed by atoms with Crippen LogP contribution in [0.3, 0.4) is 0 Å². The number of carbonyl (C=O) groups is 1. The monoisotopic (exact) mass is 484 g/mol. The summed E-state index contributed by atoms with van der Waals surface area (Å²) in [6, 6.07) is 10.5. The Labute approximate surface area is 191 Å². The van der Waals surface area contributed by atoms with Gasteiger partial charge in [0.15, 0.2) is 6.29 Å². The summed E-state index contributed by atoms with van der Waals surface area (Å²) in [7, 11) is -3.99. The van der Waals surface area contributed by atoms with Crippen molar-refractivity contribution in [2.75, 3.05) is 31.0 Å². The van der Waals surface area contributed by atoms with Gasteiger partial charge in [-0.25, -0.2) is 8.42 Å². The van der Waals surface area contributed by atoms with E-state index < -0.39 is 10.0 Å². The molecule has 0 atom stereocenters. The van der Waals surface area contributed by atoms with E-state index in [4.69, 9.17) is 32.7 Å². The van der Waals surface area contributed by atoms with E-state index in [-0.39, 0.29) is 33.6 Å². The maximum Gasteiger partial charge on any atom is 0.263 e. The number of sulfonamides is 1. The number of ether oxygens (including phenoxy) is 2. The van der Waals surface area contributed by atoms with Crippen LogP contribution in [0, 0.1) is 5.92 Å². The van der Waals surface area contributed by atoms with E-state index in [1.165, 1.54) is 12.1 Å². The molecule has 0 saturated carbocycles. The SMILES string of the molecule is O=C(c1ccc(Cl)c(S(=O)(=O)Nc2ccc(Cl)cc2)c1)N1CCC(C2OCCO2)CC1. The molecule has 4 rings (SSSR count). The maximum absolute atomic E-state index is 13.0.